The summed E-state index contributed by atoms with van der Waals surface area (Å²) in [6.45, 7) is 4.59. The van der Waals surface area contributed by atoms with Crippen molar-refractivity contribution < 1.29 is 9.84 Å². The first-order valence-electron chi connectivity index (χ1n) is 5.03. The second-order valence-electron chi connectivity index (χ2n) is 3.33. The Bertz CT molecular complexity index is 471. The van der Waals surface area contributed by atoms with Gasteiger partial charge in [-0.25, -0.2) is 0 Å². The van der Waals surface area contributed by atoms with Crippen LogP contribution in [0, 0.1) is 18.3 Å². The number of hydrogen-bond donors (Lipinski definition) is 1. The summed E-state index contributed by atoms with van der Waals surface area (Å²) in [4.78, 5) is 11.8. The van der Waals surface area contributed by atoms with Crippen LogP contribution >= 0.6 is 0 Å². The van der Waals surface area contributed by atoms with Crippen molar-refractivity contribution >= 4 is 0 Å². The molecule has 0 aliphatic heterocycles. The van der Waals surface area contributed by atoms with Crippen LogP contribution in [0.1, 0.15) is 18.1 Å². The summed E-state index contributed by atoms with van der Waals surface area (Å²) >= 11 is 0. The van der Waals surface area contributed by atoms with E-state index < -0.39 is 5.56 Å². The predicted molar refractivity (Wildman–Crippen MR) is 58.3 cm³/mol. The highest BCUT2D eigenvalue weighted by atomic mass is 16.5. The van der Waals surface area contributed by atoms with E-state index in [1.165, 1.54) is 6.07 Å². The van der Waals surface area contributed by atoms with Gasteiger partial charge in [0.05, 0.1) is 13.2 Å². The van der Waals surface area contributed by atoms with E-state index in [4.69, 9.17) is 10.00 Å². The number of ether oxygens (including phenoxy) is 1. The molecule has 0 aromatic carbocycles. The molecule has 0 unspecified atom stereocenters. The number of hydrogen-bond acceptors (Lipinski definition) is 4. The van der Waals surface area contributed by atoms with Crippen LogP contribution in [0.3, 0.4) is 0 Å². The number of aryl methyl sites for hydroxylation is 1. The van der Waals surface area contributed by atoms with Gasteiger partial charge in [0.25, 0.3) is 5.56 Å². The average Bonchev–Trinajstić information content (AvgIpc) is 2.23. The SMILES string of the molecule is CCOCCn1c(O)cc(C)c(C#N)c1=O. The van der Waals surface area contributed by atoms with Crippen molar-refractivity contribution in [1.82, 2.24) is 4.57 Å². The Kier molecular flexibility index (Phi) is 4.09. The Labute approximate surface area is 93.5 Å². The van der Waals surface area contributed by atoms with Gasteiger partial charge >= 0.3 is 0 Å². The zero-order valence-corrected chi connectivity index (χ0v) is 9.36. The minimum atomic E-state index is -0.472. The number of aromatic hydroxyl groups is 1. The smallest absolute Gasteiger partial charge is 0.271 e. The maximum Gasteiger partial charge on any atom is 0.271 e. The predicted octanol–water partition coefficient (Wildman–Crippen LogP) is 0.770. The molecule has 0 bridgehead atoms. The minimum absolute atomic E-state index is 0.0642. The summed E-state index contributed by atoms with van der Waals surface area (Å²) < 4.78 is 6.24. The Morgan fingerprint density at radius 2 is 2.31 bits per heavy atom. The molecule has 0 aliphatic rings. The molecule has 0 aliphatic carbocycles. The number of aromatic nitrogens is 1. The molecule has 0 saturated carbocycles. The van der Waals surface area contributed by atoms with Gasteiger partial charge in [-0.3, -0.25) is 9.36 Å². The highest BCUT2D eigenvalue weighted by Crippen LogP contribution is 2.11. The Morgan fingerprint density at radius 3 is 2.88 bits per heavy atom. The largest absolute Gasteiger partial charge is 0.494 e. The summed E-state index contributed by atoms with van der Waals surface area (Å²) in [7, 11) is 0. The van der Waals surface area contributed by atoms with Crippen LogP contribution in [-0.4, -0.2) is 22.9 Å². The molecule has 5 nitrogen and oxygen atoms in total. The summed E-state index contributed by atoms with van der Waals surface area (Å²) in [6.07, 6.45) is 0. The maximum atomic E-state index is 11.8. The van der Waals surface area contributed by atoms with Crippen LogP contribution in [0.25, 0.3) is 0 Å². The van der Waals surface area contributed by atoms with Crippen molar-refractivity contribution in [1.29, 1.82) is 5.26 Å². The van der Waals surface area contributed by atoms with Crippen molar-refractivity contribution in [2.45, 2.75) is 20.4 Å². The van der Waals surface area contributed by atoms with Crippen LogP contribution in [-0.2, 0) is 11.3 Å². The van der Waals surface area contributed by atoms with E-state index in [0.717, 1.165) is 4.57 Å². The maximum absolute atomic E-state index is 11.8. The standard InChI is InChI=1S/C11H14N2O3/c1-3-16-5-4-13-10(14)6-8(2)9(7-12)11(13)15/h6,14H,3-5H2,1-2H3. The van der Waals surface area contributed by atoms with E-state index in [1.54, 1.807) is 6.92 Å². The molecule has 1 rings (SSSR count). The topological polar surface area (TPSA) is 75.2 Å². The number of nitriles is 1. The van der Waals surface area contributed by atoms with Gasteiger partial charge in [0.1, 0.15) is 11.6 Å². The van der Waals surface area contributed by atoms with E-state index in [1.807, 2.05) is 13.0 Å². The van der Waals surface area contributed by atoms with Gasteiger partial charge in [0, 0.05) is 12.7 Å². The van der Waals surface area contributed by atoms with Crippen LogP contribution in [0.15, 0.2) is 10.9 Å². The zero-order valence-electron chi connectivity index (χ0n) is 9.36. The van der Waals surface area contributed by atoms with Crippen molar-refractivity contribution in [3.8, 4) is 11.9 Å². The molecule has 16 heavy (non-hydrogen) atoms. The van der Waals surface area contributed by atoms with E-state index in [-0.39, 0.29) is 18.0 Å². The molecular weight excluding hydrogens is 208 g/mol. The average molecular weight is 222 g/mol. The van der Waals surface area contributed by atoms with Crippen molar-refractivity contribution in [3.05, 3.63) is 27.5 Å². The summed E-state index contributed by atoms with van der Waals surface area (Å²) in [5.74, 6) is -0.138. The lowest BCUT2D eigenvalue weighted by Gasteiger charge is -2.09. The molecule has 0 radical (unpaired) electrons. The Hall–Kier alpha value is -1.80. The third-order valence-electron chi connectivity index (χ3n) is 2.25. The van der Waals surface area contributed by atoms with Crippen molar-refractivity contribution in [2.24, 2.45) is 0 Å². The molecule has 0 spiro atoms. The van der Waals surface area contributed by atoms with Gasteiger partial charge in [-0.2, -0.15) is 5.26 Å². The second-order valence-corrected chi connectivity index (χ2v) is 3.33. The highest BCUT2D eigenvalue weighted by Gasteiger charge is 2.10. The lowest BCUT2D eigenvalue weighted by Crippen LogP contribution is -2.25. The molecule has 1 aromatic heterocycles. The van der Waals surface area contributed by atoms with Crippen LogP contribution < -0.4 is 5.56 Å². The fourth-order valence-electron chi connectivity index (χ4n) is 1.40. The van der Waals surface area contributed by atoms with Gasteiger partial charge in [0.2, 0.25) is 0 Å². The number of pyridine rings is 1. The fourth-order valence-corrected chi connectivity index (χ4v) is 1.40. The third-order valence-corrected chi connectivity index (χ3v) is 2.25. The number of rotatable bonds is 4. The van der Waals surface area contributed by atoms with Gasteiger partial charge < -0.3 is 9.84 Å². The fraction of sp³-hybridized carbons (Fsp3) is 0.455. The quantitative estimate of drug-likeness (QED) is 0.763. The molecule has 0 atom stereocenters. The second kappa shape index (κ2) is 5.33. The normalized spacial score (nSPS) is 10.1. The molecular formula is C11H14N2O3. The highest BCUT2D eigenvalue weighted by molar-refractivity contribution is 5.37. The minimum Gasteiger partial charge on any atom is -0.494 e. The number of nitrogens with zero attached hydrogens (tertiary/aromatic N) is 2. The third kappa shape index (κ3) is 2.41. The molecule has 1 aromatic rings. The lowest BCUT2D eigenvalue weighted by atomic mass is 10.2. The monoisotopic (exact) mass is 222 g/mol. The molecule has 0 fully saturated rings. The molecule has 1 heterocycles. The first-order chi connectivity index (χ1) is 7.61. The molecule has 0 saturated heterocycles. The molecule has 0 amide bonds. The van der Waals surface area contributed by atoms with Gasteiger partial charge in [-0.15, -0.1) is 0 Å². The Morgan fingerprint density at radius 1 is 1.62 bits per heavy atom. The van der Waals surface area contributed by atoms with E-state index in [0.29, 0.717) is 18.8 Å². The summed E-state index contributed by atoms with van der Waals surface area (Å²) in [6, 6.07) is 3.24. The van der Waals surface area contributed by atoms with Gasteiger partial charge in [-0.05, 0) is 19.4 Å². The summed E-state index contributed by atoms with van der Waals surface area (Å²) in [5.41, 5.74) is 0.0756. The van der Waals surface area contributed by atoms with Gasteiger partial charge in [-0.1, -0.05) is 0 Å². The molecule has 86 valence electrons. The van der Waals surface area contributed by atoms with Crippen LogP contribution in [0.5, 0.6) is 5.88 Å². The van der Waals surface area contributed by atoms with E-state index in [9.17, 15) is 9.90 Å². The zero-order chi connectivity index (χ0) is 12.1. The van der Waals surface area contributed by atoms with E-state index >= 15 is 0 Å². The van der Waals surface area contributed by atoms with Crippen LogP contribution in [0.4, 0.5) is 0 Å². The summed E-state index contributed by atoms with van der Waals surface area (Å²) in [5, 5.41) is 18.4. The van der Waals surface area contributed by atoms with Crippen molar-refractivity contribution in [3.63, 3.8) is 0 Å². The lowest BCUT2D eigenvalue weighted by molar-refractivity contribution is 0.136. The first-order valence-corrected chi connectivity index (χ1v) is 5.03. The molecule has 5 heteroatoms. The van der Waals surface area contributed by atoms with Crippen LogP contribution in [0.2, 0.25) is 0 Å². The first kappa shape index (κ1) is 12.3. The van der Waals surface area contributed by atoms with Crippen molar-refractivity contribution in [2.75, 3.05) is 13.2 Å². The molecule has 1 N–H and O–H groups in total. The Balaban J connectivity index is 3.10. The van der Waals surface area contributed by atoms with E-state index in [2.05, 4.69) is 0 Å². The van der Waals surface area contributed by atoms with Gasteiger partial charge in [0.15, 0.2) is 5.88 Å².